The van der Waals surface area contributed by atoms with Gasteiger partial charge in [0.25, 0.3) is 0 Å². The summed E-state index contributed by atoms with van der Waals surface area (Å²) in [6.45, 7) is 6.90. The van der Waals surface area contributed by atoms with Crippen molar-refractivity contribution in [1.82, 2.24) is 19.7 Å². The molecule has 1 aromatic carbocycles. The van der Waals surface area contributed by atoms with Crippen molar-refractivity contribution in [2.24, 2.45) is 0 Å². The van der Waals surface area contributed by atoms with Gasteiger partial charge in [-0.25, -0.2) is 0 Å². The highest BCUT2D eigenvalue weighted by molar-refractivity contribution is 8.00. The number of amides is 1. The predicted molar refractivity (Wildman–Crippen MR) is 113 cm³/mol. The number of nitrogens with zero attached hydrogens (tertiary/aromatic N) is 4. The van der Waals surface area contributed by atoms with Crippen LogP contribution in [0.25, 0.3) is 11.4 Å². The number of nitrogens with one attached hydrogen (secondary N) is 1. The topological polar surface area (TPSA) is 72.7 Å². The molecular formula is C21H25N5OS. The molecule has 0 aliphatic carbocycles. The number of thioether (sulfide) groups is 1. The van der Waals surface area contributed by atoms with E-state index in [-0.39, 0.29) is 11.2 Å². The standard InChI is InChI=1S/C21H25N5OS/c1-4-14-26-19(17-10-12-22-13-11-17)24-25-21(26)28-15(3)20(27)23-18-8-6-16(5-2)7-9-18/h6-13,15H,4-5,14H2,1-3H3,(H,23,27). The van der Waals surface area contributed by atoms with Crippen LogP contribution >= 0.6 is 11.8 Å². The second-order valence-corrected chi connectivity index (χ2v) is 7.80. The highest BCUT2D eigenvalue weighted by Crippen LogP contribution is 2.27. The molecule has 7 heteroatoms. The average Bonchev–Trinajstić information content (AvgIpc) is 3.11. The van der Waals surface area contributed by atoms with Gasteiger partial charge in [-0.2, -0.15) is 0 Å². The Morgan fingerprint density at radius 3 is 2.46 bits per heavy atom. The van der Waals surface area contributed by atoms with Crippen LogP contribution < -0.4 is 5.32 Å². The second-order valence-electron chi connectivity index (χ2n) is 6.49. The molecule has 2 heterocycles. The molecule has 0 spiro atoms. The third kappa shape index (κ3) is 4.78. The molecule has 3 aromatic rings. The second kappa shape index (κ2) is 9.50. The van der Waals surface area contributed by atoms with Gasteiger partial charge in [0.2, 0.25) is 5.91 Å². The van der Waals surface area contributed by atoms with Crippen LogP contribution in [0.1, 0.15) is 32.8 Å². The summed E-state index contributed by atoms with van der Waals surface area (Å²) in [5.74, 6) is 0.750. The number of anilines is 1. The first-order chi connectivity index (χ1) is 13.6. The largest absolute Gasteiger partial charge is 0.325 e. The molecule has 2 aromatic heterocycles. The van der Waals surface area contributed by atoms with E-state index in [4.69, 9.17) is 0 Å². The van der Waals surface area contributed by atoms with Crippen molar-refractivity contribution in [2.75, 3.05) is 5.32 Å². The quantitative estimate of drug-likeness (QED) is 0.571. The number of hydrogen-bond acceptors (Lipinski definition) is 5. The number of pyridine rings is 1. The van der Waals surface area contributed by atoms with Gasteiger partial charge in [0.1, 0.15) is 0 Å². The zero-order valence-corrected chi connectivity index (χ0v) is 17.2. The van der Waals surface area contributed by atoms with Crippen LogP contribution in [0.3, 0.4) is 0 Å². The molecule has 3 rings (SSSR count). The summed E-state index contributed by atoms with van der Waals surface area (Å²) in [5, 5.41) is 12.1. The molecule has 0 aliphatic rings. The Labute approximate surface area is 169 Å². The molecule has 146 valence electrons. The molecule has 0 bridgehead atoms. The number of aromatic nitrogens is 4. The number of aryl methyl sites for hydroxylation is 1. The molecule has 1 unspecified atom stereocenters. The maximum atomic E-state index is 12.6. The van der Waals surface area contributed by atoms with Crippen LogP contribution in [0.2, 0.25) is 0 Å². The maximum absolute atomic E-state index is 12.6. The summed E-state index contributed by atoms with van der Waals surface area (Å²) in [6.07, 6.45) is 5.42. The minimum absolute atomic E-state index is 0.0502. The van der Waals surface area contributed by atoms with Crippen LogP contribution in [0.5, 0.6) is 0 Å². The fourth-order valence-corrected chi connectivity index (χ4v) is 3.67. The van der Waals surface area contributed by atoms with E-state index in [0.717, 1.165) is 41.6 Å². The lowest BCUT2D eigenvalue weighted by Crippen LogP contribution is -2.23. The molecule has 0 fully saturated rings. The van der Waals surface area contributed by atoms with E-state index < -0.39 is 0 Å². The van der Waals surface area contributed by atoms with Gasteiger partial charge in [0, 0.05) is 30.2 Å². The summed E-state index contributed by atoms with van der Waals surface area (Å²) in [7, 11) is 0. The summed E-state index contributed by atoms with van der Waals surface area (Å²) >= 11 is 1.42. The number of rotatable bonds is 8. The van der Waals surface area contributed by atoms with Crippen molar-refractivity contribution >= 4 is 23.4 Å². The van der Waals surface area contributed by atoms with E-state index in [1.807, 2.05) is 43.3 Å². The van der Waals surface area contributed by atoms with Crippen molar-refractivity contribution in [1.29, 1.82) is 0 Å². The first-order valence-corrected chi connectivity index (χ1v) is 10.4. The SMILES string of the molecule is CCCn1c(SC(C)C(=O)Nc2ccc(CC)cc2)nnc1-c1ccncc1. The lowest BCUT2D eigenvalue weighted by Gasteiger charge is -2.13. The number of carbonyl (C=O) groups excluding carboxylic acids is 1. The van der Waals surface area contributed by atoms with Gasteiger partial charge in [-0.05, 0) is 49.6 Å². The van der Waals surface area contributed by atoms with Crippen molar-refractivity contribution in [3.05, 3.63) is 54.4 Å². The summed E-state index contributed by atoms with van der Waals surface area (Å²) in [6, 6.07) is 11.8. The Bertz CT molecular complexity index is 908. The van der Waals surface area contributed by atoms with E-state index >= 15 is 0 Å². The van der Waals surface area contributed by atoms with E-state index in [1.54, 1.807) is 12.4 Å². The first-order valence-electron chi connectivity index (χ1n) is 9.52. The molecule has 0 saturated heterocycles. The first kappa shape index (κ1) is 20.1. The van der Waals surface area contributed by atoms with Gasteiger partial charge in [0.05, 0.1) is 5.25 Å². The van der Waals surface area contributed by atoms with E-state index in [1.165, 1.54) is 17.3 Å². The Morgan fingerprint density at radius 1 is 1.11 bits per heavy atom. The highest BCUT2D eigenvalue weighted by atomic mass is 32.2. The van der Waals surface area contributed by atoms with Crippen molar-refractivity contribution in [3.8, 4) is 11.4 Å². The third-order valence-electron chi connectivity index (χ3n) is 4.38. The van der Waals surface area contributed by atoms with Gasteiger partial charge in [-0.3, -0.25) is 9.78 Å². The van der Waals surface area contributed by atoms with Crippen LogP contribution in [0.4, 0.5) is 5.69 Å². The highest BCUT2D eigenvalue weighted by Gasteiger charge is 2.20. The average molecular weight is 396 g/mol. The van der Waals surface area contributed by atoms with Crippen LogP contribution in [0.15, 0.2) is 53.9 Å². The van der Waals surface area contributed by atoms with Gasteiger partial charge >= 0.3 is 0 Å². The lowest BCUT2D eigenvalue weighted by molar-refractivity contribution is -0.115. The third-order valence-corrected chi connectivity index (χ3v) is 5.46. The van der Waals surface area contributed by atoms with Crippen LogP contribution in [-0.4, -0.2) is 30.9 Å². The Morgan fingerprint density at radius 2 is 1.82 bits per heavy atom. The molecule has 1 N–H and O–H groups in total. The number of benzene rings is 1. The Hall–Kier alpha value is -2.67. The maximum Gasteiger partial charge on any atom is 0.237 e. The van der Waals surface area contributed by atoms with Crippen molar-refractivity contribution < 1.29 is 4.79 Å². The Kier molecular flexibility index (Phi) is 6.81. The lowest BCUT2D eigenvalue weighted by atomic mass is 10.1. The zero-order valence-electron chi connectivity index (χ0n) is 16.4. The molecule has 1 amide bonds. The fraction of sp³-hybridized carbons (Fsp3) is 0.333. The van der Waals surface area contributed by atoms with Crippen LogP contribution in [-0.2, 0) is 17.8 Å². The van der Waals surface area contributed by atoms with Crippen molar-refractivity contribution in [3.63, 3.8) is 0 Å². The molecule has 1 atom stereocenters. The van der Waals surface area contributed by atoms with Gasteiger partial charge in [0.15, 0.2) is 11.0 Å². The molecule has 0 aliphatic heterocycles. The number of carbonyl (C=O) groups is 1. The minimum atomic E-state index is -0.295. The molecule has 0 radical (unpaired) electrons. The summed E-state index contributed by atoms with van der Waals surface area (Å²) < 4.78 is 2.07. The van der Waals surface area contributed by atoms with Gasteiger partial charge < -0.3 is 9.88 Å². The normalized spacial score (nSPS) is 12.0. The molecular weight excluding hydrogens is 370 g/mol. The number of hydrogen-bond donors (Lipinski definition) is 1. The summed E-state index contributed by atoms with van der Waals surface area (Å²) in [5.41, 5.74) is 3.02. The van der Waals surface area contributed by atoms with Crippen LogP contribution in [0, 0.1) is 0 Å². The molecule has 0 saturated carbocycles. The smallest absolute Gasteiger partial charge is 0.237 e. The van der Waals surface area contributed by atoms with E-state index in [2.05, 4.69) is 38.9 Å². The van der Waals surface area contributed by atoms with Crippen molar-refractivity contribution in [2.45, 2.75) is 50.6 Å². The molecule has 28 heavy (non-hydrogen) atoms. The minimum Gasteiger partial charge on any atom is -0.325 e. The van der Waals surface area contributed by atoms with E-state index in [0.29, 0.717) is 0 Å². The fourth-order valence-electron chi connectivity index (χ4n) is 2.79. The monoisotopic (exact) mass is 395 g/mol. The van der Waals surface area contributed by atoms with E-state index in [9.17, 15) is 4.79 Å². The Balaban J connectivity index is 1.73. The van der Waals surface area contributed by atoms with Gasteiger partial charge in [-0.15, -0.1) is 10.2 Å². The summed E-state index contributed by atoms with van der Waals surface area (Å²) in [4.78, 5) is 16.7. The zero-order chi connectivity index (χ0) is 19.9. The van der Waals surface area contributed by atoms with Gasteiger partial charge in [-0.1, -0.05) is 37.7 Å². The molecule has 6 nitrogen and oxygen atoms in total. The predicted octanol–water partition coefficient (Wildman–Crippen LogP) is 4.43.